The van der Waals surface area contributed by atoms with Crippen LogP contribution in [0, 0.1) is 0 Å². The van der Waals surface area contributed by atoms with Gasteiger partial charge in [0, 0.05) is 26.2 Å². The van der Waals surface area contributed by atoms with Crippen molar-refractivity contribution in [2.75, 3.05) is 33.5 Å². The van der Waals surface area contributed by atoms with Gasteiger partial charge >= 0.3 is 0 Å². The van der Waals surface area contributed by atoms with Crippen molar-refractivity contribution in [2.45, 2.75) is 64.6 Å². The summed E-state index contributed by atoms with van der Waals surface area (Å²) in [5.74, 6) is 1.59. The molecule has 0 aliphatic carbocycles. The third-order valence-corrected chi connectivity index (χ3v) is 11.8. The number of benzene rings is 1. The zero-order valence-electron chi connectivity index (χ0n) is 18.0. The summed E-state index contributed by atoms with van der Waals surface area (Å²) in [4.78, 5) is 0. The van der Waals surface area contributed by atoms with Crippen molar-refractivity contribution in [2.24, 2.45) is 0 Å². The second kappa shape index (κ2) is 12.1. The molecule has 1 aromatic rings. The van der Waals surface area contributed by atoms with Crippen LogP contribution in [0.3, 0.4) is 0 Å². The molecule has 27 heavy (non-hydrogen) atoms. The maximum Gasteiger partial charge on any atom is 0.200 e. The number of hydrogen-bond acceptors (Lipinski definition) is 4. The fourth-order valence-electron chi connectivity index (χ4n) is 3.95. The van der Waals surface area contributed by atoms with E-state index in [1.54, 1.807) is 7.11 Å². The number of rotatable bonds is 13. The van der Waals surface area contributed by atoms with Gasteiger partial charge in [-0.25, -0.2) is 0 Å². The minimum Gasteiger partial charge on any atom is -0.493 e. The standard InChI is InChI=1S/C21H37BrO4Si/c1-16(2)27(17(3)4,18(5)6)26-14-13-25-21-15-19(9-10-20(21)22)24-12-8-11-23-7/h9-10,15-18H,8,11-14H2,1-7H3. The first-order valence-electron chi connectivity index (χ1n) is 9.93. The van der Waals surface area contributed by atoms with Crippen molar-refractivity contribution in [3.8, 4) is 11.5 Å². The normalized spacial score (nSPS) is 12.3. The summed E-state index contributed by atoms with van der Waals surface area (Å²) in [5.41, 5.74) is 1.73. The summed E-state index contributed by atoms with van der Waals surface area (Å²) >= 11 is 3.55. The molecule has 0 saturated carbocycles. The summed E-state index contributed by atoms with van der Waals surface area (Å²) in [6.45, 7) is 16.3. The number of ether oxygens (including phenoxy) is 3. The molecule has 0 radical (unpaired) electrons. The minimum atomic E-state index is -1.84. The van der Waals surface area contributed by atoms with Gasteiger partial charge < -0.3 is 18.6 Å². The molecule has 0 N–H and O–H groups in total. The summed E-state index contributed by atoms with van der Waals surface area (Å²) in [6.07, 6.45) is 0.864. The summed E-state index contributed by atoms with van der Waals surface area (Å²) in [5, 5.41) is 0. The van der Waals surface area contributed by atoms with Gasteiger partial charge in [-0.3, -0.25) is 0 Å². The highest BCUT2D eigenvalue weighted by molar-refractivity contribution is 9.10. The van der Waals surface area contributed by atoms with Crippen molar-refractivity contribution < 1.29 is 18.6 Å². The van der Waals surface area contributed by atoms with Gasteiger partial charge in [-0.2, -0.15) is 0 Å². The first-order valence-corrected chi connectivity index (χ1v) is 12.9. The largest absolute Gasteiger partial charge is 0.493 e. The Bertz CT molecular complexity index is 527. The molecule has 6 heteroatoms. The Morgan fingerprint density at radius 2 is 1.48 bits per heavy atom. The molecule has 0 aliphatic rings. The van der Waals surface area contributed by atoms with Crippen molar-refractivity contribution in [3.63, 3.8) is 0 Å². The Hall–Kier alpha value is -0.563. The minimum absolute atomic E-state index is 0.534. The average molecular weight is 462 g/mol. The monoisotopic (exact) mass is 460 g/mol. The molecule has 156 valence electrons. The number of hydrogen-bond donors (Lipinski definition) is 0. The van der Waals surface area contributed by atoms with E-state index in [9.17, 15) is 0 Å². The fourth-order valence-corrected chi connectivity index (χ4v) is 9.75. The van der Waals surface area contributed by atoms with Crippen molar-refractivity contribution >= 4 is 24.2 Å². The Kier molecular flexibility index (Phi) is 11.0. The van der Waals surface area contributed by atoms with Crippen molar-refractivity contribution in [3.05, 3.63) is 22.7 Å². The van der Waals surface area contributed by atoms with E-state index >= 15 is 0 Å². The van der Waals surface area contributed by atoms with Crippen molar-refractivity contribution in [1.29, 1.82) is 0 Å². The quantitative estimate of drug-likeness (QED) is 0.250. The Morgan fingerprint density at radius 1 is 0.852 bits per heavy atom. The van der Waals surface area contributed by atoms with Gasteiger partial charge in [0.1, 0.15) is 18.1 Å². The molecule has 0 bridgehead atoms. The molecule has 0 fully saturated rings. The Labute approximate surface area is 175 Å². The maximum atomic E-state index is 6.55. The van der Waals surface area contributed by atoms with E-state index in [-0.39, 0.29) is 0 Å². The molecule has 0 spiro atoms. The van der Waals surface area contributed by atoms with Crippen LogP contribution in [0.2, 0.25) is 16.6 Å². The zero-order valence-corrected chi connectivity index (χ0v) is 20.6. The summed E-state index contributed by atoms with van der Waals surface area (Å²) < 4.78 is 24.3. The van der Waals surface area contributed by atoms with Crippen LogP contribution in [0.15, 0.2) is 22.7 Å². The molecular formula is C21H37BrO4Si. The first kappa shape index (κ1) is 24.5. The molecule has 0 amide bonds. The third kappa shape index (κ3) is 7.08. The van der Waals surface area contributed by atoms with Crippen molar-refractivity contribution in [1.82, 2.24) is 0 Å². The molecule has 0 saturated heterocycles. The van der Waals surface area contributed by atoms with E-state index in [1.807, 2.05) is 18.2 Å². The van der Waals surface area contributed by atoms with E-state index < -0.39 is 8.32 Å². The third-order valence-electron chi connectivity index (χ3n) is 5.06. The molecule has 0 unspecified atom stereocenters. The Balaban J connectivity index is 2.62. The highest BCUT2D eigenvalue weighted by Gasteiger charge is 2.44. The smallest absolute Gasteiger partial charge is 0.200 e. The van der Waals surface area contributed by atoms with Gasteiger partial charge in [-0.1, -0.05) is 41.5 Å². The van der Waals surface area contributed by atoms with Crippen LogP contribution in [0.1, 0.15) is 48.0 Å². The predicted octanol–water partition coefficient (Wildman–Crippen LogP) is 6.44. The fraction of sp³-hybridized carbons (Fsp3) is 0.714. The highest BCUT2D eigenvalue weighted by Crippen LogP contribution is 2.42. The highest BCUT2D eigenvalue weighted by atomic mass is 79.9. The van der Waals surface area contributed by atoms with Crippen LogP contribution in [-0.4, -0.2) is 41.9 Å². The van der Waals surface area contributed by atoms with Gasteiger partial charge in [-0.15, -0.1) is 0 Å². The lowest BCUT2D eigenvalue weighted by atomic mass is 10.3. The van der Waals surface area contributed by atoms with E-state index in [2.05, 4.69) is 57.5 Å². The summed E-state index contributed by atoms with van der Waals surface area (Å²) in [7, 11) is -0.147. The molecular weight excluding hydrogens is 424 g/mol. The first-order chi connectivity index (χ1) is 12.8. The number of methoxy groups -OCH3 is 1. The SMILES string of the molecule is COCCCOc1ccc(Br)c(OCCO[Si](C(C)C)(C(C)C)C(C)C)c1. The molecule has 0 heterocycles. The van der Waals surface area contributed by atoms with Crippen LogP contribution in [0.4, 0.5) is 0 Å². The molecule has 0 atom stereocenters. The van der Waals surface area contributed by atoms with E-state index in [0.717, 1.165) is 22.4 Å². The van der Waals surface area contributed by atoms with Gasteiger partial charge in [-0.05, 0) is 44.7 Å². The molecule has 0 aromatic heterocycles. The zero-order chi connectivity index (χ0) is 20.4. The second-order valence-electron chi connectivity index (χ2n) is 7.80. The van der Waals surface area contributed by atoms with Gasteiger partial charge in [0.2, 0.25) is 0 Å². The van der Waals surface area contributed by atoms with E-state index in [0.29, 0.717) is 43.1 Å². The number of halogens is 1. The second-order valence-corrected chi connectivity index (χ2v) is 14.1. The average Bonchev–Trinajstić information content (AvgIpc) is 2.60. The Morgan fingerprint density at radius 3 is 2.04 bits per heavy atom. The predicted molar refractivity (Wildman–Crippen MR) is 119 cm³/mol. The van der Waals surface area contributed by atoms with Crippen LogP contribution in [-0.2, 0) is 9.16 Å². The van der Waals surface area contributed by atoms with Crippen LogP contribution < -0.4 is 9.47 Å². The molecule has 1 rings (SSSR count). The topological polar surface area (TPSA) is 36.9 Å². The summed E-state index contributed by atoms with van der Waals surface area (Å²) in [6, 6.07) is 5.82. The van der Waals surface area contributed by atoms with Gasteiger partial charge in [0.15, 0.2) is 8.32 Å². The van der Waals surface area contributed by atoms with E-state index in [4.69, 9.17) is 18.6 Å². The lowest BCUT2D eigenvalue weighted by molar-refractivity contribution is 0.171. The van der Waals surface area contributed by atoms with Crippen LogP contribution in [0.5, 0.6) is 11.5 Å². The van der Waals surface area contributed by atoms with Crippen LogP contribution >= 0.6 is 15.9 Å². The van der Waals surface area contributed by atoms with E-state index in [1.165, 1.54) is 0 Å². The molecule has 4 nitrogen and oxygen atoms in total. The lowest BCUT2D eigenvalue weighted by Gasteiger charge is -2.42. The van der Waals surface area contributed by atoms with Gasteiger partial charge in [0.05, 0.1) is 17.7 Å². The molecule has 1 aromatic carbocycles. The van der Waals surface area contributed by atoms with Crippen LogP contribution in [0.25, 0.3) is 0 Å². The maximum absolute atomic E-state index is 6.55. The van der Waals surface area contributed by atoms with Gasteiger partial charge in [0.25, 0.3) is 0 Å². The molecule has 0 aliphatic heterocycles. The lowest BCUT2D eigenvalue weighted by Crippen LogP contribution is -2.48.